The monoisotopic (exact) mass is 492 g/mol. The molecule has 0 bridgehead atoms. The van der Waals surface area contributed by atoms with E-state index >= 15 is 0 Å². The van der Waals surface area contributed by atoms with Crippen LogP contribution in [0.3, 0.4) is 0 Å². The lowest BCUT2D eigenvalue weighted by atomic mass is 9.95. The molecule has 0 radical (unpaired) electrons. The lowest BCUT2D eigenvalue weighted by Gasteiger charge is -2.31. The molecule has 2 aliphatic rings. The molecule has 0 saturated carbocycles. The number of imidazole rings is 1. The molecule has 9 heteroatoms. The highest BCUT2D eigenvalue weighted by molar-refractivity contribution is 5.95. The number of anilines is 1. The number of likely N-dealkylation sites (tertiary alicyclic amines) is 1. The average molecular weight is 493 g/mol. The van der Waals surface area contributed by atoms with E-state index in [-0.39, 0.29) is 29.7 Å². The Bertz CT molecular complexity index is 1270. The van der Waals surface area contributed by atoms with Gasteiger partial charge in [0.2, 0.25) is 5.91 Å². The molecule has 1 saturated heterocycles. The van der Waals surface area contributed by atoms with E-state index in [1.54, 1.807) is 37.4 Å². The Morgan fingerprint density at radius 3 is 2.58 bits per heavy atom. The molecular weight excluding hydrogens is 463 g/mol. The summed E-state index contributed by atoms with van der Waals surface area (Å²) in [5, 5.41) is 2.87. The van der Waals surface area contributed by atoms with Gasteiger partial charge >= 0.3 is 0 Å². The SMILES string of the molecule is COc1ccc(C2Cn3cnc(C(=O)N4CCC(C(=O)Nc5ccc(F)c(C)c5)CC4)c3CO2)cc1. The van der Waals surface area contributed by atoms with Crippen LogP contribution < -0.4 is 10.1 Å². The first kappa shape index (κ1) is 24.0. The zero-order chi connectivity index (χ0) is 25.2. The molecule has 3 aromatic rings. The third-order valence-corrected chi connectivity index (χ3v) is 7.00. The van der Waals surface area contributed by atoms with Crippen LogP contribution in [0.25, 0.3) is 0 Å². The fourth-order valence-electron chi connectivity index (χ4n) is 4.79. The Kier molecular flexibility index (Phi) is 6.73. The summed E-state index contributed by atoms with van der Waals surface area (Å²) >= 11 is 0. The Morgan fingerprint density at radius 2 is 1.89 bits per heavy atom. The first-order valence-electron chi connectivity index (χ1n) is 12.1. The minimum atomic E-state index is -0.303. The van der Waals surface area contributed by atoms with Crippen LogP contribution in [0.1, 0.15) is 46.3 Å². The number of amides is 2. The standard InChI is InChI=1S/C27H29FN4O4/c1-17-13-20(5-8-22(17)28)30-26(33)19-9-11-31(12-10-19)27(34)25-23-15-36-24(14-32(23)16-29-25)18-3-6-21(35-2)7-4-18/h3-8,13,16,19,24H,9-12,14-15H2,1-2H3,(H,30,33). The van der Waals surface area contributed by atoms with Crippen molar-refractivity contribution in [3.63, 3.8) is 0 Å². The molecule has 2 aliphatic heterocycles. The van der Waals surface area contributed by atoms with Gasteiger partial charge in [-0.15, -0.1) is 0 Å². The number of hydrogen-bond acceptors (Lipinski definition) is 5. The molecule has 5 rings (SSSR count). The van der Waals surface area contributed by atoms with Crippen molar-refractivity contribution >= 4 is 17.5 Å². The molecule has 2 aromatic carbocycles. The highest BCUT2D eigenvalue weighted by Crippen LogP contribution is 2.30. The van der Waals surface area contributed by atoms with Crippen LogP contribution in [0.4, 0.5) is 10.1 Å². The number of hydrogen-bond donors (Lipinski definition) is 1. The van der Waals surface area contributed by atoms with Crippen LogP contribution in [-0.4, -0.2) is 46.5 Å². The van der Waals surface area contributed by atoms with Crippen molar-refractivity contribution in [3.8, 4) is 5.75 Å². The van der Waals surface area contributed by atoms with Gasteiger partial charge in [0.1, 0.15) is 17.7 Å². The number of rotatable bonds is 5. The number of ether oxygens (including phenoxy) is 2. The maximum atomic E-state index is 13.5. The summed E-state index contributed by atoms with van der Waals surface area (Å²) in [6.07, 6.45) is 2.69. The van der Waals surface area contributed by atoms with E-state index in [0.29, 0.717) is 56.0 Å². The minimum Gasteiger partial charge on any atom is -0.497 e. The van der Waals surface area contributed by atoms with Crippen molar-refractivity contribution in [2.45, 2.75) is 39.0 Å². The summed E-state index contributed by atoms with van der Waals surface area (Å²) in [5.74, 6) is 0.0399. The largest absolute Gasteiger partial charge is 0.497 e. The summed E-state index contributed by atoms with van der Waals surface area (Å²) in [6.45, 7) is 3.48. The van der Waals surface area contributed by atoms with E-state index in [1.165, 1.54) is 6.07 Å². The van der Waals surface area contributed by atoms with Crippen LogP contribution in [0.5, 0.6) is 5.75 Å². The number of nitrogens with one attached hydrogen (secondary N) is 1. The van der Waals surface area contributed by atoms with Crippen LogP contribution >= 0.6 is 0 Å². The van der Waals surface area contributed by atoms with Crippen molar-refractivity contribution in [2.24, 2.45) is 5.92 Å². The minimum absolute atomic E-state index is 0.106. The van der Waals surface area contributed by atoms with Crippen molar-refractivity contribution < 1.29 is 23.5 Å². The predicted octanol–water partition coefficient (Wildman–Crippen LogP) is 4.10. The van der Waals surface area contributed by atoms with E-state index in [0.717, 1.165) is 17.0 Å². The first-order chi connectivity index (χ1) is 17.4. The van der Waals surface area contributed by atoms with Crippen LogP contribution in [0, 0.1) is 18.7 Å². The van der Waals surface area contributed by atoms with Gasteiger partial charge < -0.3 is 24.3 Å². The normalized spacial score (nSPS) is 18.0. The molecule has 1 fully saturated rings. The number of benzene rings is 2. The molecule has 0 spiro atoms. The van der Waals surface area contributed by atoms with E-state index in [2.05, 4.69) is 10.3 Å². The third kappa shape index (κ3) is 4.83. The average Bonchev–Trinajstić information content (AvgIpc) is 3.34. The number of methoxy groups -OCH3 is 1. The second kappa shape index (κ2) is 10.1. The second-order valence-electron chi connectivity index (χ2n) is 9.28. The van der Waals surface area contributed by atoms with Crippen LogP contribution in [0.15, 0.2) is 48.8 Å². The molecule has 8 nitrogen and oxygen atoms in total. The first-order valence-corrected chi connectivity index (χ1v) is 12.1. The number of aryl methyl sites for hydroxylation is 1. The Hall–Kier alpha value is -3.72. The summed E-state index contributed by atoms with van der Waals surface area (Å²) in [4.78, 5) is 32.1. The zero-order valence-corrected chi connectivity index (χ0v) is 20.4. The van der Waals surface area contributed by atoms with Crippen LogP contribution in [0.2, 0.25) is 0 Å². The van der Waals surface area contributed by atoms with E-state index in [9.17, 15) is 14.0 Å². The highest BCUT2D eigenvalue weighted by atomic mass is 19.1. The molecular formula is C27H29FN4O4. The summed E-state index contributed by atoms with van der Waals surface area (Å²) in [5.41, 5.74) is 3.29. The summed E-state index contributed by atoms with van der Waals surface area (Å²) in [7, 11) is 1.63. The summed E-state index contributed by atoms with van der Waals surface area (Å²) in [6, 6.07) is 12.3. The third-order valence-electron chi connectivity index (χ3n) is 7.00. The number of piperidine rings is 1. The molecule has 1 atom stereocenters. The van der Waals surface area contributed by atoms with Crippen LogP contribution in [-0.2, 0) is 22.7 Å². The number of nitrogens with zero attached hydrogens (tertiary/aromatic N) is 3. The Labute approximate surface area is 209 Å². The molecule has 0 aliphatic carbocycles. The van der Waals surface area contributed by atoms with Gasteiger partial charge in [0, 0.05) is 24.7 Å². The van der Waals surface area contributed by atoms with Crippen molar-refractivity contribution in [1.29, 1.82) is 0 Å². The molecule has 2 amide bonds. The fraction of sp³-hybridized carbons (Fsp3) is 0.370. The maximum Gasteiger partial charge on any atom is 0.274 e. The van der Waals surface area contributed by atoms with Gasteiger partial charge in [-0.05, 0) is 61.2 Å². The smallest absolute Gasteiger partial charge is 0.274 e. The lowest BCUT2D eigenvalue weighted by Crippen LogP contribution is -2.42. The molecule has 36 heavy (non-hydrogen) atoms. The van der Waals surface area contributed by atoms with Gasteiger partial charge in [-0.2, -0.15) is 0 Å². The van der Waals surface area contributed by atoms with Crippen molar-refractivity contribution in [2.75, 3.05) is 25.5 Å². The lowest BCUT2D eigenvalue weighted by molar-refractivity contribution is -0.121. The molecule has 1 unspecified atom stereocenters. The quantitative estimate of drug-likeness (QED) is 0.580. The molecule has 3 heterocycles. The number of aromatic nitrogens is 2. The van der Waals surface area contributed by atoms with Crippen molar-refractivity contribution in [3.05, 3.63) is 77.1 Å². The molecule has 188 valence electrons. The summed E-state index contributed by atoms with van der Waals surface area (Å²) < 4.78 is 26.8. The molecule has 1 N–H and O–H groups in total. The predicted molar refractivity (Wildman–Crippen MR) is 131 cm³/mol. The van der Waals surface area contributed by atoms with Gasteiger partial charge in [0.25, 0.3) is 5.91 Å². The topological polar surface area (TPSA) is 85.7 Å². The highest BCUT2D eigenvalue weighted by Gasteiger charge is 2.32. The van der Waals surface area contributed by atoms with Gasteiger partial charge in [-0.25, -0.2) is 9.37 Å². The van der Waals surface area contributed by atoms with E-state index in [4.69, 9.17) is 9.47 Å². The number of carbonyl (C=O) groups is 2. The maximum absolute atomic E-state index is 13.5. The van der Waals surface area contributed by atoms with Crippen molar-refractivity contribution in [1.82, 2.24) is 14.5 Å². The number of fused-ring (bicyclic) bond motifs is 1. The van der Waals surface area contributed by atoms with E-state index in [1.807, 2.05) is 28.8 Å². The Balaban J connectivity index is 1.18. The van der Waals surface area contributed by atoms with E-state index < -0.39 is 0 Å². The van der Waals surface area contributed by atoms with Gasteiger partial charge in [-0.1, -0.05) is 12.1 Å². The number of carbonyl (C=O) groups excluding carboxylic acids is 2. The van der Waals surface area contributed by atoms with Gasteiger partial charge in [0.15, 0.2) is 5.69 Å². The number of halogens is 1. The fourth-order valence-corrected chi connectivity index (χ4v) is 4.79. The van der Waals surface area contributed by atoms with Gasteiger partial charge in [-0.3, -0.25) is 9.59 Å². The second-order valence-corrected chi connectivity index (χ2v) is 9.28. The Morgan fingerprint density at radius 1 is 1.14 bits per heavy atom. The van der Waals surface area contributed by atoms with Gasteiger partial charge in [0.05, 0.1) is 32.3 Å². The molecule has 1 aromatic heterocycles. The zero-order valence-electron chi connectivity index (χ0n) is 20.4.